The number of rotatable bonds is 7. The molecular formula is C17H25N3O5. The predicted octanol–water partition coefficient (Wildman–Crippen LogP) is 1.15. The van der Waals surface area contributed by atoms with Crippen molar-refractivity contribution in [3.63, 3.8) is 0 Å². The normalized spacial score (nSPS) is 10.7. The van der Waals surface area contributed by atoms with Crippen molar-refractivity contribution in [2.24, 2.45) is 0 Å². The maximum atomic E-state index is 12.4. The van der Waals surface area contributed by atoms with Crippen molar-refractivity contribution in [2.75, 3.05) is 26.7 Å². The first kappa shape index (κ1) is 20.4. The van der Waals surface area contributed by atoms with Gasteiger partial charge in [0.15, 0.2) is 0 Å². The SMILES string of the molecule is COC(=O)CN(CCNC(=O)OC(C)(C)C)C(=O)Cc1ccncc1. The van der Waals surface area contributed by atoms with Gasteiger partial charge in [0.05, 0.1) is 13.5 Å². The Labute approximate surface area is 147 Å². The topological polar surface area (TPSA) is 97.8 Å². The average molecular weight is 351 g/mol. The first-order chi connectivity index (χ1) is 11.7. The second kappa shape index (κ2) is 9.61. The molecule has 0 fully saturated rings. The van der Waals surface area contributed by atoms with E-state index in [1.165, 1.54) is 12.0 Å². The number of esters is 1. The van der Waals surface area contributed by atoms with Crippen LogP contribution >= 0.6 is 0 Å². The van der Waals surface area contributed by atoms with Gasteiger partial charge in [-0.2, -0.15) is 0 Å². The van der Waals surface area contributed by atoms with Crippen LogP contribution < -0.4 is 5.32 Å². The quantitative estimate of drug-likeness (QED) is 0.740. The van der Waals surface area contributed by atoms with Gasteiger partial charge < -0.3 is 19.7 Å². The summed E-state index contributed by atoms with van der Waals surface area (Å²) in [4.78, 5) is 40.8. The zero-order valence-electron chi connectivity index (χ0n) is 15.1. The summed E-state index contributed by atoms with van der Waals surface area (Å²) in [6.07, 6.45) is 2.74. The number of methoxy groups -OCH3 is 1. The van der Waals surface area contributed by atoms with Crippen molar-refractivity contribution in [3.8, 4) is 0 Å². The fourth-order valence-corrected chi connectivity index (χ4v) is 1.91. The molecule has 138 valence electrons. The lowest BCUT2D eigenvalue weighted by Gasteiger charge is -2.23. The minimum absolute atomic E-state index is 0.131. The van der Waals surface area contributed by atoms with E-state index < -0.39 is 17.7 Å². The smallest absolute Gasteiger partial charge is 0.407 e. The van der Waals surface area contributed by atoms with Crippen LogP contribution in [-0.2, 0) is 25.5 Å². The highest BCUT2D eigenvalue weighted by atomic mass is 16.6. The third-order valence-corrected chi connectivity index (χ3v) is 3.05. The number of amides is 2. The van der Waals surface area contributed by atoms with E-state index in [4.69, 9.17) is 4.74 Å². The summed E-state index contributed by atoms with van der Waals surface area (Å²) < 4.78 is 9.75. The van der Waals surface area contributed by atoms with Crippen molar-refractivity contribution in [1.82, 2.24) is 15.2 Å². The Kier molecular flexibility index (Phi) is 7.84. The number of pyridine rings is 1. The molecule has 0 radical (unpaired) electrons. The van der Waals surface area contributed by atoms with Gasteiger partial charge in [-0.05, 0) is 38.5 Å². The van der Waals surface area contributed by atoms with Crippen molar-refractivity contribution < 1.29 is 23.9 Å². The first-order valence-electron chi connectivity index (χ1n) is 7.91. The molecule has 1 N–H and O–H groups in total. The molecule has 1 rings (SSSR count). The van der Waals surface area contributed by atoms with Gasteiger partial charge in [-0.15, -0.1) is 0 Å². The number of hydrogen-bond acceptors (Lipinski definition) is 6. The molecule has 0 atom stereocenters. The molecule has 1 heterocycles. The Balaban J connectivity index is 2.59. The van der Waals surface area contributed by atoms with E-state index in [0.29, 0.717) is 0 Å². The monoisotopic (exact) mass is 351 g/mol. The molecule has 0 aliphatic rings. The van der Waals surface area contributed by atoms with Gasteiger partial charge in [-0.1, -0.05) is 0 Å². The van der Waals surface area contributed by atoms with Crippen LogP contribution in [0.4, 0.5) is 4.79 Å². The largest absolute Gasteiger partial charge is 0.468 e. The van der Waals surface area contributed by atoms with Crippen LogP contribution in [0.5, 0.6) is 0 Å². The molecule has 25 heavy (non-hydrogen) atoms. The molecule has 0 saturated heterocycles. The highest BCUT2D eigenvalue weighted by Gasteiger charge is 2.19. The van der Waals surface area contributed by atoms with Crippen LogP contribution in [0.3, 0.4) is 0 Å². The van der Waals surface area contributed by atoms with Crippen LogP contribution in [0.2, 0.25) is 0 Å². The van der Waals surface area contributed by atoms with Gasteiger partial charge >= 0.3 is 12.1 Å². The van der Waals surface area contributed by atoms with Crippen LogP contribution in [0.25, 0.3) is 0 Å². The van der Waals surface area contributed by atoms with Gasteiger partial charge in [-0.3, -0.25) is 14.6 Å². The van der Waals surface area contributed by atoms with Gasteiger partial charge in [0.2, 0.25) is 5.91 Å². The summed E-state index contributed by atoms with van der Waals surface area (Å²) in [6.45, 7) is 5.42. The fourth-order valence-electron chi connectivity index (χ4n) is 1.91. The van der Waals surface area contributed by atoms with E-state index >= 15 is 0 Å². The molecule has 1 aromatic heterocycles. The molecule has 0 bridgehead atoms. The third-order valence-electron chi connectivity index (χ3n) is 3.05. The number of carbonyl (C=O) groups excluding carboxylic acids is 3. The maximum Gasteiger partial charge on any atom is 0.407 e. The van der Waals surface area contributed by atoms with E-state index in [1.807, 2.05) is 0 Å². The first-order valence-corrected chi connectivity index (χ1v) is 7.91. The van der Waals surface area contributed by atoms with Gasteiger partial charge in [-0.25, -0.2) is 4.79 Å². The minimum Gasteiger partial charge on any atom is -0.468 e. The van der Waals surface area contributed by atoms with Crippen molar-refractivity contribution >= 4 is 18.0 Å². The Morgan fingerprint density at radius 3 is 2.40 bits per heavy atom. The lowest BCUT2D eigenvalue weighted by atomic mass is 10.2. The van der Waals surface area contributed by atoms with Crippen molar-refractivity contribution in [3.05, 3.63) is 30.1 Å². The summed E-state index contributed by atoms with van der Waals surface area (Å²) in [5.74, 6) is -0.775. The third kappa shape index (κ3) is 8.69. The summed E-state index contributed by atoms with van der Waals surface area (Å²) in [7, 11) is 1.26. The number of nitrogens with zero attached hydrogens (tertiary/aromatic N) is 2. The number of aromatic nitrogens is 1. The van der Waals surface area contributed by atoms with Crippen molar-refractivity contribution in [1.29, 1.82) is 0 Å². The Hall–Kier alpha value is -2.64. The molecule has 0 unspecified atom stereocenters. The molecule has 0 saturated carbocycles. The molecule has 8 nitrogen and oxygen atoms in total. The van der Waals surface area contributed by atoms with E-state index in [0.717, 1.165) is 5.56 Å². The molecule has 0 aromatic carbocycles. The van der Waals surface area contributed by atoms with Crippen LogP contribution in [0.1, 0.15) is 26.3 Å². The fraction of sp³-hybridized carbons (Fsp3) is 0.529. The molecular weight excluding hydrogens is 326 g/mol. The van der Waals surface area contributed by atoms with E-state index in [1.54, 1.807) is 45.3 Å². The molecule has 0 aliphatic carbocycles. The maximum absolute atomic E-state index is 12.4. The summed E-state index contributed by atoms with van der Waals surface area (Å²) in [5.41, 5.74) is 0.183. The van der Waals surface area contributed by atoms with Gasteiger partial charge in [0.1, 0.15) is 12.1 Å². The number of ether oxygens (including phenoxy) is 2. The molecule has 1 aromatic rings. The highest BCUT2D eigenvalue weighted by Crippen LogP contribution is 2.06. The summed E-state index contributed by atoms with van der Waals surface area (Å²) in [5, 5.41) is 2.56. The predicted molar refractivity (Wildman–Crippen MR) is 90.8 cm³/mol. The second-order valence-electron chi connectivity index (χ2n) is 6.35. The second-order valence-corrected chi connectivity index (χ2v) is 6.35. The van der Waals surface area contributed by atoms with E-state index in [9.17, 15) is 14.4 Å². The Morgan fingerprint density at radius 2 is 1.84 bits per heavy atom. The van der Waals surface area contributed by atoms with Crippen LogP contribution in [0.15, 0.2) is 24.5 Å². The number of nitrogens with one attached hydrogen (secondary N) is 1. The minimum atomic E-state index is -0.604. The molecule has 0 spiro atoms. The van der Waals surface area contributed by atoms with Crippen molar-refractivity contribution in [2.45, 2.75) is 32.8 Å². The van der Waals surface area contributed by atoms with E-state index in [2.05, 4.69) is 15.0 Å². The number of carbonyl (C=O) groups is 3. The zero-order valence-corrected chi connectivity index (χ0v) is 15.1. The lowest BCUT2D eigenvalue weighted by Crippen LogP contribution is -2.43. The standard InChI is InChI=1S/C17H25N3O5/c1-17(2,3)25-16(23)19-9-10-20(12-15(22)24-4)14(21)11-13-5-7-18-8-6-13/h5-8H,9-12H2,1-4H3,(H,19,23). The van der Waals surface area contributed by atoms with Gasteiger partial charge in [0.25, 0.3) is 0 Å². The van der Waals surface area contributed by atoms with Crippen LogP contribution in [-0.4, -0.2) is 60.2 Å². The molecule has 8 heteroatoms. The zero-order chi connectivity index (χ0) is 18.9. The Morgan fingerprint density at radius 1 is 1.20 bits per heavy atom. The molecule has 2 amide bonds. The summed E-state index contributed by atoms with van der Waals surface area (Å²) in [6, 6.07) is 3.46. The lowest BCUT2D eigenvalue weighted by molar-refractivity contribution is -0.146. The van der Waals surface area contributed by atoms with Crippen LogP contribution in [0, 0.1) is 0 Å². The molecule has 0 aliphatic heterocycles. The average Bonchev–Trinajstić information content (AvgIpc) is 2.52. The number of alkyl carbamates (subject to hydrolysis) is 1. The van der Waals surface area contributed by atoms with E-state index in [-0.39, 0.29) is 32.0 Å². The summed E-state index contributed by atoms with van der Waals surface area (Å²) >= 11 is 0. The number of hydrogen-bond donors (Lipinski definition) is 1. The Bertz CT molecular complexity index is 584. The highest BCUT2D eigenvalue weighted by molar-refractivity contribution is 5.83. The van der Waals surface area contributed by atoms with Gasteiger partial charge in [0, 0.05) is 25.5 Å².